The third-order valence-corrected chi connectivity index (χ3v) is 6.24. The van der Waals surface area contributed by atoms with E-state index in [-0.39, 0.29) is 5.56 Å². The van der Waals surface area contributed by atoms with Crippen LogP contribution in [0.2, 0.25) is 0 Å². The second kappa shape index (κ2) is 10.5. The Morgan fingerprint density at radius 1 is 1.03 bits per heavy atom. The monoisotopic (exact) mass is 465 g/mol. The summed E-state index contributed by atoms with van der Waals surface area (Å²) in [4.78, 5) is 18.0. The molecular weight excluding hydrogens is 438 g/mol. The standard InChI is InChI=1S/C25H27N3O4S/c1-4-5-6-7-15-32-19-13-11-17(12-14-19)23-26-25-28(27-23)24(29)21(33-25)16-18-9-8-10-20(30-2)22(18)31-3/h8-14,16H,4-7,15H2,1-3H3. The summed E-state index contributed by atoms with van der Waals surface area (Å²) in [6, 6.07) is 13.2. The highest BCUT2D eigenvalue weighted by atomic mass is 32.1. The van der Waals surface area contributed by atoms with Crippen molar-refractivity contribution >= 4 is 22.4 Å². The largest absolute Gasteiger partial charge is 0.494 e. The van der Waals surface area contributed by atoms with E-state index in [0.717, 1.165) is 23.3 Å². The van der Waals surface area contributed by atoms with Gasteiger partial charge in [-0.25, -0.2) is 0 Å². The van der Waals surface area contributed by atoms with E-state index in [1.54, 1.807) is 20.3 Å². The van der Waals surface area contributed by atoms with Gasteiger partial charge < -0.3 is 14.2 Å². The molecule has 0 aliphatic rings. The van der Waals surface area contributed by atoms with E-state index >= 15 is 0 Å². The normalized spacial score (nSPS) is 11.8. The van der Waals surface area contributed by atoms with Crippen LogP contribution in [0, 0.1) is 0 Å². The summed E-state index contributed by atoms with van der Waals surface area (Å²) in [7, 11) is 3.16. The van der Waals surface area contributed by atoms with E-state index in [2.05, 4.69) is 17.0 Å². The molecule has 2 aromatic carbocycles. The number of para-hydroxylation sites is 1. The lowest BCUT2D eigenvalue weighted by Crippen LogP contribution is -2.23. The Morgan fingerprint density at radius 2 is 1.85 bits per heavy atom. The number of thiazole rings is 1. The Kier molecular flexibility index (Phi) is 7.24. The topological polar surface area (TPSA) is 75.0 Å². The molecule has 7 nitrogen and oxygen atoms in total. The molecule has 0 N–H and O–H groups in total. The number of rotatable bonds is 10. The van der Waals surface area contributed by atoms with Gasteiger partial charge in [-0.1, -0.05) is 49.7 Å². The van der Waals surface area contributed by atoms with Crippen LogP contribution < -0.4 is 24.3 Å². The first-order valence-electron chi connectivity index (χ1n) is 11.0. The molecule has 0 spiro atoms. The third-order valence-electron chi connectivity index (χ3n) is 5.28. The molecule has 172 valence electrons. The molecule has 0 atom stereocenters. The molecule has 2 heterocycles. The Bertz CT molecular complexity index is 1330. The zero-order valence-corrected chi connectivity index (χ0v) is 19.9. The minimum Gasteiger partial charge on any atom is -0.494 e. The van der Waals surface area contributed by atoms with Gasteiger partial charge in [-0.05, 0) is 42.8 Å². The van der Waals surface area contributed by atoms with Crippen molar-refractivity contribution in [2.45, 2.75) is 32.6 Å². The molecule has 4 rings (SSSR count). The number of unbranched alkanes of at least 4 members (excludes halogenated alkanes) is 3. The first-order chi connectivity index (χ1) is 16.1. The molecule has 0 saturated carbocycles. The van der Waals surface area contributed by atoms with Gasteiger partial charge in [0.05, 0.1) is 25.4 Å². The van der Waals surface area contributed by atoms with Crippen molar-refractivity contribution in [2.24, 2.45) is 0 Å². The van der Waals surface area contributed by atoms with Crippen LogP contribution in [0.5, 0.6) is 17.2 Å². The van der Waals surface area contributed by atoms with Crippen LogP contribution in [-0.2, 0) is 0 Å². The molecular formula is C25H27N3O4S. The van der Waals surface area contributed by atoms with Gasteiger partial charge in [0, 0.05) is 11.1 Å². The van der Waals surface area contributed by atoms with Crippen LogP contribution in [0.15, 0.2) is 47.3 Å². The number of ether oxygens (including phenoxy) is 3. The minimum absolute atomic E-state index is 0.217. The highest BCUT2D eigenvalue weighted by Crippen LogP contribution is 2.31. The van der Waals surface area contributed by atoms with Gasteiger partial charge in [0.1, 0.15) is 5.75 Å². The maximum atomic E-state index is 12.9. The summed E-state index contributed by atoms with van der Waals surface area (Å²) in [5.41, 5.74) is 1.37. The summed E-state index contributed by atoms with van der Waals surface area (Å²) >= 11 is 1.29. The fraction of sp³-hybridized carbons (Fsp3) is 0.320. The molecule has 2 aromatic heterocycles. The predicted molar refractivity (Wildman–Crippen MR) is 131 cm³/mol. The van der Waals surface area contributed by atoms with Gasteiger partial charge in [0.25, 0.3) is 5.56 Å². The second-order valence-corrected chi connectivity index (χ2v) is 8.57. The Balaban J connectivity index is 1.55. The molecule has 0 bridgehead atoms. The summed E-state index contributed by atoms with van der Waals surface area (Å²) in [5.74, 6) is 2.52. The van der Waals surface area contributed by atoms with Crippen LogP contribution >= 0.6 is 11.3 Å². The van der Waals surface area contributed by atoms with Crippen LogP contribution in [0.1, 0.15) is 38.2 Å². The highest BCUT2D eigenvalue weighted by molar-refractivity contribution is 7.15. The van der Waals surface area contributed by atoms with Crippen LogP contribution in [0.3, 0.4) is 0 Å². The fourth-order valence-corrected chi connectivity index (χ4v) is 4.44. The second-order valence-electron chi connectivity index (χ2n) is 7.56. The third kappa shape index (κ3) is 5.01. The number of fused-ring (bicyclic) bond motifs is 1. The summed E-state index contributed by atoms with van der Waals surface area (Å²) in [6.45, 7) is 2.91. The van der Waals surface area contributed by atoms with E-state index in [4.69, 9.17) is 14.2 Å². The van der Waals surface area contributed by atoms with Gasteiger partial charge in [-0.3, -0.25) is 4.79 Å². The van der Waals surface area contributed by atoms with E-state index in [9.17, 15) is 4.79 Å². The molecule has 33 heavy (non-hydrogen) atoms. The van der Waals surface area contributed by atoms with Crippen molar-refractivity contribution < 1.29 is 14.2 Å². The fourth-order valence-electron chi connectivity index (χ4n) is 3.54. The van der Waals surface area contributed by atoms with Crippen LogP contribution in [0.25, 0.3) is 22.4 Å². The number of benzene rings is 2. The van der Waals surface area contributed by atoms with Crippen molar-refractivity contribution in [3.63, 3.8) is 0 Å². The summed E-state index contributed by atoms with van der Waals surface area (Å²) in [5, 5.41) is 4.43. The number of nitrogens with zero attached hydrogens (tertiary/aromatic N) is 3. The zero-order chi connectivity index (χ0) is 23.2. The van der Waals surface area contributed by atoms with Crippen molar-refractivity contribution in [3.8, 4) is 28.6 Å². The molecule has 0 unspecified atom stereocenters. The molecule has 4 aromatic rings. The maximum Gasteiger partial charge on any atom is 0.291 e. The maximum absolute atomic E-state index is 12.9. The van der Waals surface area contributed by atoms with Crippen molar-refractivity contribution in [1.82, 2.24) is 14.6 Å². The van der Waals surface area contributed by atoms with E-state index in [1.807, 2.05) is 42.5 Å². The lowest BCUT2D eigenvalue weighted by Gasteiger charge is -2.09. The van der Waals surface area contributed by atoms with E-state index in [0.29, 0.717) is 33.4 Å². The molecule has 0 saturated heterocycles. The van der Waals surface area contributed by atoms with E-state index in [1.165, 1.54) is 35.1 Å². The number of methoxy groups -OCH3 is 2. The molecule has 0 fully saturated rings. The Hall–Kier alpha value is -3.39. The smallest absolute Gasteiger partial charge is 0.291 e. The van der Waals surface area contributed by atoms with Gasteiger partial charge >= 0.3 is 0 Å². The van der Waals surface area contributed by atoms with Gasteiger partial charge in [0.2, 0.25) is 4.96 Å². The summed E-state index contributed by atoms with van der Waals surface area (Å²) < 4.78 is 18.5. The molecule has 0 aliphatic carbocycles. The Labute approximate surface area is 196 Å². The Morgan fingerprint density at radius 3 is 2.55 bits per heavy atom. The number of aromatic nitrogens is 3. The van der Waals surface area contributed by atoms with Crippen molar-refractivity contribution in [3.05, 3.63) is 62.9 Å². The first kappa shape index (κ1) is 22.8. The quantitative estimate of drug-likeness (QED) is 0.324. The van der Waals surface area contributed by atoms with E-state index < -0.39 is 0 Å². The van der Waals surface area contributed by atoms with Crippen molar-refractivity contribution in [1.29, 1.82) is 0 Å². The van der Waals surface area contributed by atoms with Crippen LogP contribution in [0.4, 0.5) is 0 Å². The number of hydrogen-bond acceptors (Lipinski definition) is 7. The minimum atomic E-state index is -0.217. The number of hydrogen-bond donors (Lipinski definition) is 0. The van der Waals surface area contributed by atoms with Crippen molar-refractivity contribution in [2.75, 3.05) is 20.8 Å². The van der Waals surface area contributed by atoms with Crippen LogP contribution in [-0.4, -0.2) is 35.4 Å². The molecule has 0 radical (unpaired) electrons. The molecule has 0 aliphatic heterocycles. The average molecular weight is 466 g/mol. The predicted octanol–water partition coefficient (Wildman–Crippen LogP) is 4.34. The van der Waals surface area contributed by atoms with Gasteiger partial charge in [-0.2, -0.15) is 9.50 Å². The molecule has 0 amide bonds. The molecule has 8 heteroatoms. The van der Waals surface area contributed by atoms with Gasteiger partial charge in [-0.15, -0.1) is 5.10 Å². The average Bonchev–Trinajstić information content (AvgIpc) is 3.38. The highest BCUT2D eigenvalue weighted by Gasteiger charge is 2.14. The lowest BCUT2D eigenvalue weighted by molar-refractivity contribution is 0.305. The zero-order valence-electron chi connectivity index (χ0n) is 19.0. The first-order valence-corrected chi connectivity index (χ1v) is 11.8. The van der Waals surface area contributed by atoms with Gasteiger partial charge in [0.15, 0.2) is 17.3 Å². The lowest BCUT2D eigenvalue weighted by atomic mass is 10.2. The summed E-state index contributed by atoms with van der Waals surface area (Å²) in [6.07, 6.45) is 6.47. The SMILES string of the molecule is CCCCCCOc1ccc(-c2nc3sc(=Cc4cccc(OC)c4OC)c(=O)n3n2)cc1.